The number of nitrogens with zero attached hydrogens (tertiary/aromatic N) is 7. The zero-order valence-corrected chi connectivity index (χ0v) is 36.0. The lowest BCUT2D eigenvalue weighted by Gasteiger charge is -2.13. The Labute approximate surface area is 362 Å². The Morgan fingerprint density at radius 2 is 1.19 bits per heavy atom. The van der Waals surface area contributed by atoms with Gasteiger partial charge in [-0.05, 0) is 98.3 Å². The molecule has 4 heterocycles. The standard InChI is InChI=1S/C19H15BrClN5O5.C19H16BrClN4O3/c1-10-6-11(26(29)30)7-14(23-19(28)31-2)12(10)8-16(27)15-9-17(20)24-25(15)18-13(21)4-3-5-22-18;1-11-5-3-7-14(23-19(27)28-2)12(11)9-16(26)15-10-17(20)24-25(15)18-13(21)6-4-8-22-18/h3-7,9H,8H2,1-2H3,(H,23,28);3-8,10H,9H2,1-2H3,(H,23,27). The topological polar surface area (TPSA) is 215 Å². The Kier molecular flexibility index (Phi) is 14.7. The van der Waals surface area contributed by atoms with E-state index in [1.807, 2.05) is 13.0 Å². The van der Waals surface area contributed by atoms with Crippen molar-refractivity contribution in [3.8, 4) is 11.6 Å². The fourth-order valence-electron chi connectivity index (χ4n) is 5.62. The van der Waals surface area contributed by atoms with Crippen LogP contribution in [0.15, 0.2) is 88.3 Å². The first-order chi connectivity index (χ1) is 28.1. The Bertz CT molecular complexity index is 2600. The summed E-state index contributed by atoms with van der Waals surface area (Å²) in [6.45, 7) is 3.48. The van der Waals surface area contributed by atoms with E-state index in [2.05, 4.69) is 72.1 Å². The lowest BCUT2D eigenvalue weighted by atomic mass is 9.99. The molecule has 0 aliphatic rings. The molecule has 0 bridgehead atoms. The van der Waals surface area contributed by atoms with E-state index in [0.29, 0.717) is 53.1 Å². The van der Waals surface area contributed by atoms with Crippen molar-refractivity contribution in [2.75, 3.05) is 24.9 Å². The summed E-state index contributed by atoms with van der Waals surface area (Å²) < 4.78 is 12.8. The molecule has 0 spiro atoms. The first-order valence-corrected chi connectivity index (χ1v) is 19.3. The van der Waals surface area contributed by atoms with Gasteiger partial charge in [-0.15, -0.1) is 0 Å². The van der Waals surface area contributed by atoms with E-state index in [1.54, 1.807) is 55.6 Å². The normalized spacial score (nSPS) is 10.6. The van der Waals surface area contributed by atoms with Gasteiger partial charge in [0.05, 0.1) is 34.9 Å². The minimum atomic E-state index is -0.818. The van der Waals surface area contributed by atoms with Crippen molar-refractivity contribution in [2.24, 2.45) is 0 Å². The average Bonchev–Trinajstić information content (AvgIpc) is 3.79. The summed E-state index contributed by atoms with van der Waals surface area (Å²) in [6.07, 6.45) is 1.55. The van der Waals surface area contributed by atoms with E-state index >= 15 is 0 Å². The number of aryl methyl sites for hydroxylation is 2. The van der Waals surface area contributed by atoms with Crippen molar-refractivity contribution in [1.82, 2.24) is 29.5 Å². The van der Waals surface area contributed by atoms with Gasteiger partial charge in [0.1, 0.15) is 20.6 Å². The molecule has 0 aliphatic heterocycles. The Hall–Kier alpha value is -6.02. The molecule has 304 valence electrons. The third kappa shape index (κ3) is 10.7. The molecule has 0 aliphatic carbocycles. The van der Waals surface area contributed by atoms with Crippen LogP contribution in [0.2, 0.25) is 10.0 Å². The molecule has 6 rings (SSSR count). The minimum Gasteiger partial charge on any atom is -0.453 e. The highest BCUT2D eigenvalue weighted by molar-refractivity contribution is 9.10. The van der Waals surface area contributed by atoms with Crippen LogP contribution in [0.1, 0.15) is 43.2 Å². The lowest BCUT2D eigenvalue weighted by molar-refractivity contribution is -0.384. The number of amides is 2. The predicted molar refractivity (Wildman–Crippen MR) is 225 cm³/mol. The van der Waals surface area contributed by atoms with Crippen LogP contribution in [0.4, 0.5) is 26.7 Å². The van der Waals surface area contributed by atoms with E-state index in [4.69, 9.17) is 23.2 Å². The van der Waals surface area contributed by atoms with Gasteiger partial charge < -0.3 is 9.47 Å². The van der Waals surface area contributed by atoms with Gasteiger partial charge in [0.25, 0.3) is 5.69 Å². The number of nitro groups is 1. The number of halogens is 4. The zero-order valence-electron chi connectivity index (χ0n) is 31.3. The number of non-ortho nitro benzene ring substituents is 1. The summed E-state index contributed by atoms with van der Waals surface area (Å²) >= 11 is 19.0. The Morgan fingerprint density at radius 3 is 1.64 bits per heavy atom. The van der Waals surface area contributed by atoms with Gasteiger partial charge in [-0.25, -0.2) is 28.9 Å². The summed E-state index contributed by atoms with van der Waals surface area (Å²) in [7, 11) is 2.44. The van der Waals surface area contributed by atoms with Crippen molar-refractivity contribution in [3.63, 3.8) is 0 Å². The summed E-state index contributed by atoms with van der Waals surface area (Å²) in [5.74, 6) is 0.0504. The number of methoxy groups -OCH3 is 2. The van der Waals surface area contributed by atoms with E-state index in [0.717, 1.165) is 12.7 Å². The molecule has 2 amide bonds. The smallest absolute Gasteiger partial charge is 0.411 e. The number of ether oxygens (including phenoxy) is 2. The van der Waals surface area contributed by atoms with Crippen LogP contribution in [0.5, 0.6) is 0 Å². The molecule has 0 saturated carbocycles. The fraction of sp³-hybridized carbons (Fsp3) is 0.158. The first kappa shape index (κ1) is 44.1. The van der Waals surface area contributed by atoms with Gasteiger partial charge in [-0.3, -0.25) is 30.3 Å². The molecule has 17 nitrogen and oxygen atoms in total. The van der Waals surface area contributed by atoms with Crippen LogP contribution in [-0.4, -0.2) is 72.4 Å². The second kappa shape index (κ2) is 19.6. The summed E-state index contributed by atoms with van der Waals surface area (Å²) in [5, 5.41) is 25.5. The van der Waals surface area contributed by atoms with Gasteiger partial charge in [0, 0.05) is 55.2 Å². The van der Waals surface area contributed by atoms with Crippen molar-refractivity contribution >= 4 is 95.9 Å². The second-order valence-corrected chi connectivity index (χ2v) is 14.7. The van der Waals surface area contributed by atoms with Crippen LogP contribution in [0, 0.1) is 24.0 Å². The highest BCUT2D eigenvalue weighted by Crippen LogP contribution is 2.30. The van der Waals surface area contributed by atoms with Crippen LogP contribution in [0.3, 0.4) is 0 Å². The highest BCUT2D eigenvalue weighted by Gasteiger charge is 2.24. The molecule has 0 unspecified atom stereocenters. The Morgan fingerprint density at radius 1 is 0.712 bits per heavy atom. The molecular formula is C38H31Br2Cl2N9O8. The summed E-state index contributed by atoms with van der Waals surface area (Å²) in [5.41, 5.74) is 3.31. The molecule has 2 aromatic carbocycles. The van der Waals surface area contributed by atoms with Gasteiger partial charge in [-0.1, -0.05) is 35.3 Å². The maximum atomic E-state index is 13.2. The molecule has 0 atom stereocenters. The number of nitro benzene ring substituents is 1. The highest BCUT2D eigenvalue weighted by atomic mass is 79.9. The van der Waals surface area contributed by atoms with Crippen molar-refractivity contribution < 1.29 is 33.6 Å². The average molecular weight is 972 g/mol. The molecule has 0 radical (unpaired) electrons. The zero-order chi connectivity index (χ0) is 43.0. The lowest BCUT2D eigenvalue weighted by Crippen LogP contribution is -2.17. The molecule has 4 aromatic heterocycles. The number of hydrogen-bond acceptors (Lipinski definition) is 12. The van der Waals surface area contributed by atoms with Crippen LogP contribution < -0.4 is 10.6 Å². The molecule has 6 aromatic rings. The molecule has 2 N–H and O–H groups in total. The number of nitrogens with one attached hydrogen (secondary N) is 2. The van der Waals surface area contributed by atoms with Crippen LogP contribution >= 0.6 is 55.1 Å². The summed E-state index contributed by atoms with van der Waals surface area (Å²) in [4.78, 5) is 68.6. The number of carbonyl (C=O) groups excluding carboxylic acids is 4. The number of ketones is 2. The van der Waals surface area contributed by atoms with E-state index in [1.165, 1.54) is 40.9 Å². The van der Waals surface area contributed by atoms with Crippen LogP contribution in [-0.2, 0) is 22.3 Å². The molecule has 0 fully saturated rings. The number of rotatable bonds is 11. The number of anilines is 2. The SMILES string of the molecule is COC(=O)Nc1cc([N+](=O)[O-])cc(C)c1CC(=O)c1cc(Br)nn1-c1ncccc1Cl.COC(=O)Nc1cccc(C)c1CC(=O)c1cc(Br)nn1-c1ncccc1Cl. The number of Topliss-reactive ketones (excluding diaryl/α,β-unsaturated/α-hetero) is 2. The van der Waals surface area contributed by atoms with Crippen molar-refractivity contribution in [1.29, 1.82) is 0 Å². The van der Waals surface area contributed by atoms with Gasteiger partial charge in [-0.2, -0.15) is 10.2 Å². The summed E-state index contributed by atoms with van der Waals surface area (Å²) in [6, 6.07) is 17.6. The van der Waals surface area contributed by atoms with E-state index in [-0.39, 0.29) is 47.3 Å². The van der Waals surface area contributed by atoms with Gasteiger partial charge >= 0.3 is 12.2 Å². The second-order valence-electron chi connectivity index (χ2n) is 12.2. The van der Waals surface area contributed by atoms with Crippen molar-refractivity contribution in [2.45, 2.75) is 26.7 Å². The quantitative estimate of drug-likeness (QED) is 0.0706. The monoisotopic (exact) mass is 969 g/mol. The molecule has 21 heteroatoms. The number of benzene rings is 2. The molecular weight excluding hydrogens is 941 g/mol. The van der Waals surface area contributed by atoms with E-state index < -0.39 is 17.1 Å². The third-order valence-corrected chi connectivity index (χ3v) is 9.77. The van der Waals surface area contributed by atoms with Crippen LogP contribution in [0.25, 0.3) is 11.6 Å². The Balaban J connectivity index is 0.000000225. The maximum absolute atomic E-state index is 13.2. The molecule has 59 heavy (non-hydrogen) atoms. The van der Waals surface area contributed by atoms with E-state index in [9.17, 15) is 29.3 Å². The largest absolute Gasteiger partial charge is 0.453 e. The van der Waals surface area contributed by atoms with Gasteiger partial charge in [0.2, 0.25) is 0 Å². The number of pyridine rings is 2. The maximum Gasteiger partial charge on any atom is 0.411 e. The number of carbonyl (C=O) groups is 4. The first-order valence-electron chi connectivity index (χ1n) is 17.0. The van der Waals surface area contributed by atoms with Crippen molar-refractivity contribution in [3.05, 3.63) is 142 Å². The fourth-order valence-corrected chi connectivity index (χ4v) is 6.77. The van der Waals surface area contributed by atoms with Gasteiger partial charge in [0.15, 0.2) is 23.2 Å². The number of hydrogen-bond donors (Lipinski definition) is 2. The number of aromatic nitrogens is 6. The third-order valence-electron chi connectivity index (χ3n) is 8.41. The predicted octanol–water partition coefficient (Wildman–Crippen LogP) is 9.10. The molecule has 0 saturated heterocycles. The minimum absolute atomic E-state index is 0.0502.